The zero-order valence-corrected chi connectivity index (χ0v) is 14.1. The number of rotatable bonds is 6. The molecule has 0 amide bonds. The van der Waals surface area contributed by atoms with E-state index >= 15 is 0 Å². The molecular formula is C20H25NO2. The Kier molecular flexibility index (Phi) is 4.87. The van der Waals surface area contributed by atoms with Crippen molar-refractivity contribution in [2.24, 2.45) is 0 Å². The third kappa shape index (κ3) is 4.05. The molecule has 1 N–H and O–H groups in total. The highest BCUT2D eigenvalue weighted by atomic mass is 16.5. The van der Waals surface area contributed by atoms with Gasteiger partial charge in [-0.15, -0.1) is 0 Å². The lowest BCUT2D eigenvalue weighted by molar-refractivity contribution is 0.242. The summed E-state index contributed by atoms with van der Waals surface area (Å²) in [6.45, 7) is 7.94. The average molecular weight is 311 g/mol. The summed E-state index contributed by atoms with van der Waals surface area (Å²) < 4.78 is 11.2. The van der Waals surface area contributed by atoms with Crippen LogP contribution in [0.5, 0.6) is 11.5 Å². The maximum Gasteiger partial charge on any atom is 0.122 e. The van der Waals surface area contributed by atoms with E-state index in [0.29, 0.717) is 6.04 Å². The number of fused-ring (bicyclic) bond motifs is 1. The maximum absolute atomic E-state index is 5.69. The minimum atomic E-state index is 0.209. The summed E-state index contributed by atoms with van der Waals surface area (Å²) in [5.41, 5.74) is 3.90. The third-order valence-corrected chi connectivity index (χ3v) is 4.12. The predicted molar refractivity (Wildman–Crippen MR) is 93.1 cm³/mol. The minimum Gasteiger partial charge on any atom is -0.493 e. The zero-order chi connectivity index (χ0) is 16.2. The summed E-state index contributed by atoms with van der Waals surface area (Å²) in [6.07, 6.45) is 1.23. The quantitative estimate of drug-likeness (QED) is 0.864. The molecule has 3 rings (SSSR count). The second-order valence-corrected chi connectivity index (χ2v) is 6.38. The van der Waals surface area contributed by atoms with Crippen LogP contribution in [0.25, 0.3) is 0 Å². The second kappa shape index (κ2) is 7.05. The first kappa shape index (κ1) is 15.9. The molecule has 0 bridgehead atoms. The molecule has 2 aromatic carbocycles. The van der Waals surface area contributed by atoms with E-state index in [0.717, 1.165) is 31.1 Å². The van der Waals surface area contributed by atoms with Gasteiger partial charge in [-0.2, -0.15) is 0 Å². The Hall–Kier alpha value is -2.00. The van der Waals surface area contributed by atoms with E-state index in [2.05, 4.69) is 42.6 Å². The van der Waals surface area contributed by atoms with Crippen LogP contribution in [0.1, 0.15) is 43.5 Å². The zero-order valence-electron chi connectivity index (χ0n) is 14.1. The fraction of sp³-hybridized carbons (Fsp3) is 0.400. The molecule has 2 aromatic rings. The number of nitrogens with one attached hydrogen (secondary N) is 1. The fourth-order valence-electron chi connectivity index (χ4n) is 2.85. The summed E-state index contributed by atoms with van der Waals surface area (Å²) in [6, 6.07) is 15.1. The molecule has 0 aromatic heterocycles. The first-order valence-electron chi connectivity index (χ1n) is 8.36. The highest BCUT2D eigenvalue weighted by Crippen LogP contribution is 2.26. The number of ether oxygens (including phenoxy) is 2. The van der Waals surface area contributed by atoms with E-state index in [1.165, 1.54) is 16.7 Å². The van der Waals surface area contributed by atoms with Crippen molar-refractivity contribution in [3.05, 3.63) is 59.2 Å². The summed E-state index contributed by atoms with van der Waals surface area (Å²) in [7, 11) is 0. The summed E-state index contributed by atoms with van der Waals surface area (Å²) in [5, 5.41) is 3.58. The van der Waals surface area contributed by atoms with Crippen molar-refractivity contribution in [2.75, 3.05) is 6.61 Å². The fourth-order valence-corrected chi connectivity index (χ4v) is 2.85. The lowest BCUT2D eigenvalue weighted by Crippen LogP contribution is -2.18. The first-order valence-corrected chi connectivity index (χ1v) is 8.36. The van der Waals surface area contributed by atoms with Crippen LogP contribution in [0.2, 0.25) is 0 Å². The topological polar surface area (TPSA) is 30.5 Å². The standard InChI is InChI=1S/C20H25NO2/c1-14(2)23-19-7-5-17(6-8-19)15(3)21-13-16-4-9-20-18(12-16)10-11-22-20/h4-9,12,14-15,21H,10-11,13H2,1-3H3. The molecule has 0 radical (unpaired) electrons. The van der Waals surface area contributed by atoms with Crippen molar-refractivity contribution in [2.45, 2.75) is 45.9 Å². The highest BCUT2D eigenvalue weighted by Gasteiger charge is 2.12. The van der Waals surface area contributed by atoms with Crippen molar-refractivity contribution < 1.29 is 9.47 Å². The Morgan fingerprint density at radius 3 is 2.61 bits per heavy atom. The van der Waals surface area contributed by atoms with Gasteiger partial charge in [-0.05, 0) is 55.7 Å². The molecule has 1 heterocycles. The Bertz CT molecular complexity index is 649. The van der Waals surface area contributed by atoms with Gasteiger partial charge in [-0.3, -0.25) is 0 Å². The van der Waals surface area contributed by atoms with Gasteiger partial charge in [0.25, 0.3) is 0 Å². The van der Waals surface area contributed by atoms with Crippen LogP contribution in [0.15, 0.2) is 42.5 Å². The summed E-state index contributed by atoms with van der Waals surface area (Å²) in [4.78, 5) is 0. The molecule has 0 aliphatic carbocycles. The Morgan fingerprint density at radius 1 is 1.09 bits per heavy atom. The van der Waals surface area contributed by atoms with Crippen LogP contribution in [0.4, 0.5) is 0 Å². The van der Waals surface area contributed by atoms with Crippen LogP contribution in [0.3, 0.4) is 0 Å². The van der Waals surface area contributed by atoms with Crippen molar-refractivity contribution in [3.63, 3.8) is 0 Å². The second-order valence-electron chi connectivity index (χ2n) is 6.38. The number of hydrogen-bond acceptors (Lipinski definition) is 3. The van der Waals surface area contributed by atoms with Gasteiger partial charge in [0.15, 0.2) is 0 Å². The third-order valence-electron chi connectivity index (χ3n) is 4.12. The van der Waals surface area contributed by atoms with Gasteiger partial charge in [0.2, 0.25) is 0 Å². The van der Waals surface area contributed by atoms with Crippen molar-refractivity contribution in [1.82, 2.24) is 5.32 Å². The molecule has 0 fully saturated rings. The van der Waals surface area contributed by atoms with Crippen LogP contribution in [-0.4, -0.2) is 12.7 Å². The van der Waals surface area contributed by atoms with E-state index < -0.39 is 0 Å². The van der Waals surface area contributed by atoms with Gasteiger partial charge in [-0.25, -0.2) is 0 Å². The molecule has 0 saturated heterocycles. The van der Waals surface area contributed by atoms with Crippen LogP contribution in [0, 0.1) is 0 Å². The Balaban J connectivity index is 1.57. The molecule has 0 spiro atoms. The predicted octanol–water partition coefficient (Wildman–Crippen LogP) is 4.26. The Morgan fingerprint density at radius 2 is 1.87 bits per heavy atom. The molecule has 122 valence electrons. The Labute approximate surface area is 138 Å². The van der Waals surface area contributed by atoms with E-state index in [1.54, 1.807) is 0 Å². The van der Waals surface area contributed by atoms with Gasteiger partial charge in [0.05, 0.1) is 12.7 Å². The van der Waals surface area contributed by atoms with E-state index in [9.17, 15) is 0 Å². The molecule has 1 unspecified atom stereocenters. The van der Waals surface area contributed by atoms with Crippen LogP contribution in [-0.2, 0) is 13.0 Å². The molecule has 1 aliphatic rings. The molecule has 23 heavy (non-hydrogen) atoms. The van der Waals surface area contributed by atoms with Gasteiger partial charge < -0.3 is 14.8 Å². The molecule has 0 saturated carbocycles. The molecule has 1 atom stereocenters. The summed E-state index contributed by atoms with van der Waals surface area (Å²) in [5.74, 6) is 1.97. The SMILES string of the molecule is CC(C)Oc1ccc(C(C)NCc2ccc3c(c2)CCO3)cc1. The highest BCUT2D eigenvalue weighted by molar-refractivity contribution is 5.39. The van der Waals surface area contributed by atoms with Gasteiger partial charge in [0.1, 0.15) is 11.5 Å². The smallest absolute Gasteiger partial charge is 0.122 e. The maximum atomic E-state index is 5.69. The van der Waals surface area contributed by atoms with Crippen molar-refractivity contribution >= 4 is 0 Å². The lowest BCUT2D eigenvalue weighted by atomic mass is 10.1. The molecular weight excluding hydrogens is 286 g/mol. The van der Waals surface area contributed by atoms with Crippen LogP contribution >= 0.6 is 0 Å². The first-order chi connectivity index (χ1) is 11.1. The van der Waals surface area contributed by atoms with E-state index in [-0.39, 0.29) is 6.10 Å². The monoisotopic (exact) mass is 311 g/mol. The molecule has 1 aliphatic heterocycles. The van der Waals surface area contributed by atoms with Gasteiger partial charge in [-0.1, -0.05) is 24.3 Å². The van der Waals surface area contributed by atoms with Crippen LogP contribution < -0.4 is 14.8 Å². The average Bonchev–Trinajstić information content (AvgIpc) is 3.00. The summed E-state index contributed by atoms with van der Waals surface area (Å²) >= 11 is 0. The van der Waals surface area contributed by atoms with Crippen molar-refractivity contribution in [1.29, 1.82) is 0 Å². The molecule has 3 nitrogen and oxygen atoms in total. The van der Waals surface area contributed by atoms with Gasteiger partial charge >= 0.3 is 0 Å². The number of benzene rings is 2. The minimum absolute atomic E-state index is 0.209. The molecule has 3 heteroatoms. The largest absolute Gasteiger partial charge is 0.493 e. The normalized spacial score (nSPS) is 14.4. The van der Waals surface area contributed by atoms with E-state index in [4.69, 9.17) is 9.47 Å². The number of hydrogen-bond donors (Lipinski definition) is 1. The lowest BCUT2D eigenvalue weighted by Gasteiger charge is -2.16. The van der Waals surface area contributed by atoms with Gasteiger partial charge in [0, 0.05) is 19.0 Å². The van der Waals surface area contributed by atoms with E-state index in [1.807, 2.05) is 26.0 Å². The van der Waals surface area contributed by atoms with Crippen molar-refractivity contribution in [3.8, 4) is 11.5 Å².